The van der Waals surface area contributed by atoms with Gasteiger partial charge in [0.2, 0.25) is 0 Å². The van der Waals surface area contributed by atoms with Crippen LogP contribution in [0.1, 0.15) is 11.8 Å². The van der Waals surface area contributed by atoms with E-state index in [4.69, 9.17) is 4.74 Å². The predicted octanol–water partition coefficient (Wildman–Crippen LogP) is 5.20. The smallest absolute Gasteiger partial charge is 0.272 e. The van der Waals surface area contributed by atoms with Gasteiger partial charge in [0.25, 0.3) is 5.69 Å². The Hall–Kier alpha value is -3.13. The average Bonchev–Trinajstić information content (AvgIpc) is 3.02. The van der Waals surface area contributed by atoms with Crippen molar-refractivity contribution in [2.45, 2.75) is 6.92 Å². The number of aliphatic imine (C=N–C) groups is 1. The second-order valence-corrected chi connectivity index (χ2v) is 5.99. The van der Waals surface area contributed by atoms with Gasteiger partial charge in [-0.2, -0.15) is 0 Å². The number of hydrogen-bond donors (Lipinski definition) is 0. The Morgan fingerprint density at radius 3 is 2.84 bits per heavy atom. The van der Waals surface area contributed by atoms with Gasteiger partial charge in [0.15, 0.2) is 11.6 Å². The van der Waals surface area contributed by atoms with E-state index >= 15 is 0 Å². The summed E-state index contributed by atoms with van der Waals surface area (Å²) in [6, 6.07) is 6.71. The summed E-state index contributed by atoms with van der Waals surface area (Å²) in [4.78, 5) is 19.1. The third kappa shape index (κ3) is 3.24. The van der Waals surface area contributed by atoms with E-state index in [0.717, 1.165) is 21.3 Å². The van der Waals surface area contributed by atoms with E-state index < -0.39 is 10.7 Å². The summed E-state index contributed by atoms with van der Waals surface area (Å²) in [5.41, 5.74) is 1.07. The minimum absolute atomic E-state index is 0.0962. The molecule has 0 amide bonds. The fraction of sp³-hybridized carbons (Fsp3) is 0.0588. The van der Waals surface area contributed by atoms with Gasteiger partial charge in [-0.25, -0.2) is 4.39 Å². The molecule has 6 nitrogen and oxygen atoms in total. The predicted molar refractivity (Wildman–Crippen MR) is 95.9 cm³/mol. The Morgan fingerprint density at radius 1 is 1.40 bits per heavy atom. The molecule has 0 saturated carbocycles. The van der Waals surface area contributed by atoms with Crippen LogP contribution < -0.4 is 4.74 Å². The highest BCUT2D eigenvalue weighted by Gasteiger charge is 2.15. The number of nitrogens with zero attached hydrogens (tertiary/aromatic N) is 3. The Bertz CT molecular complexity index is 1010. The molecule has 8 heteroatoms. The first-order valence-electron chi connectivity index (χ1n) is 7.17. The van der Waals surface area contributed by atoms with Gasteiger partial charge < -0.3 is 4.74 Å². The molecule has 0 aliphatic heterocycles. The maximum absolute atomic E-state index is 14.1. The van der Waals surface area contributed by atoms with Gasteiger partial charge in [-0.1, -0.05) is 6.08 Å². The lowest BCUT2D eigenvalue weighted by Gasteiger charge is -2.07. The number of rotatable bonds is 5. The molecule has 0 unspecified atom stereocenters. The molecular weight excluding hydrogens is 345 g/mol. The quantitative estimate of drug-likeness (QED) is 0.357. The van der Waals surface area contributed by atoms with E-state index in [1.54, 1.807) is 12.3 Å². The molecule has 25 heavy (non-hydrogen) atoms. The molecule has 2 aromatic heterocycles. The second kappa shape index (κ2) is 6.78. The maximum Gasteiger partial charge on any atom is 0.272 e. The van der Waals surface area contributed by atoms with Crippen LogP contribution in [-0.2, 0) is 0 Å². The maximum atomic E-state index is 14.1. The van der Waals surface area contributed by atoms with Crippen molar-refractivity contribution in [3.8, 4) is 11.5 Å². The summed E-state index contributed by atoms with van der Waals surface area (Å²) in [6.45, 7) is 5.39. The number of thiophene rings is 1. The Kier molecular flexibility index (Phi) is 4.53. The molecule has 0 aliphatic rings. The number of fused-ring (bicyclic) bond motifs is 1. The van der Waals surface area contributed by atoms with Crippen molar-refractivity contribution < 1.29 is 14.1 Å². The summed E-state index contributed by atoms with van der Waals surface area (Å²) in [5, 5.41) is 10.7. The van der Waals surface area contributed by atoms with Crippen LogP contribution in [0.3, 0.4) is 0 Å². The van der Waals surface area contributed by atoms with E-state index in [1.165, 1.54) is 23.5 Å². The summed E-state index contributed by atoms with van der Waals surface area (Å²) in [6.07, 6.45) is 3.38. The first-order chi connectivity index (χ1) is 12.0. The van der Waals surface area contributed by atoms with Gasteiger partial charge in [-0.05, 0) is 25.8 Å². The van der Waals surface area contributed by atoms with E-state index in [9.17, 15) is 14.5 Å². The summed E-state index contributed by atoms with van der Waals surface area (Å²) in [7, 11) is 0. The fourth-order valence-corrected chi connectivity index (χ4v) is 3.34. The topological polar surface area (TPSA) is 77.6 Å². The van der Waals surface area contributed by atoms with E-state index in [0.29, 0.717) is 11.3 Å². The molecule has 0 fully saturated rings. The van der Waals surface area contributed by atoms with Crippen molar-refractivity contribution in [1.29, 1.82) is 0 Å². The molecule has 0 radical (unpaired) electrons. The number of aromatic nitrogens is 1. The monoisotopic (exact) mass is 357 g/mol. The molecule has 0 bridgehead atoms. The van der Waals surface area contributed by atoms with Crippen molar-refractivity contribution >= 4 is 39.7 Å². The van der Waals surface area contributed by atoms with Gasteiger partial charge in [-0.3, -0.25) is 20.1 Å². The summed E-state index contributed by atoms with van der Waals surface area (Å²) < 4.78 is 20.4. The average molecular weight is 357 g/mol. The molecule has 1 aromatic carbocycles. The van der Waals surface area contributed by atoms with Crippen molar-refractivity contribution in [3.63, 3.8) is 0 Å². The lowest BCUT2D eigenvalue weighted by atomic mass is 10.3. The number of nitro groups is 1. The Morgan fingerprint density at radius 2 is 2.20 bits per heavy atom. The molecule has 2 heterocycles. The number of nitro benzene ring substituents is 1. The zero-order chi connectivity index (χ0) is 18.0. The van der Waals surface area contributed by atoms with Crippen molar-refractivity contribution in [3.05, 3.63) is 63.4 Å². The SMILES string of the molecule is C=N/C(=C\C)c1cc2nccc(Oc3ccc([N+](=O)[O-])cc3F)c2s1. The Balaban J connectivity index is 2.02. The second-order valence-electron chi connectivity index (χ2n) is 4.94. The molecule has 0 saturated heterocycles. The molecule has 3 aromatic rings. The van der Waals surface area contributed by atoms with E-state index in [1.807, 2.05) is 19.1 Å². The van der Waals surface area contributed by atoms with Gasteiger partial charge in [-0.15, -0.1) is 11.3 Å². The summed E-state index contributed by atoms with van der Waals surface area (Å²) >= 11 is 1.39. The standard InChI is InChI=1S/C17H12FN3O3S/c1-3-12(19-2)16-9-13-17(25-16)15(6-7-20-13)24-14-5-4-10(21(22)23)8-11(14)18/h3-9H,2H2,1H3/b12-3-. The van der Waals surface area contributed by atoms with Crippen LogP contribution in [0, 0.1) is 15.9 Å². The minimum Gasteiger partial charge on any atom is -0.453 e. The number of allylic oxidation sites excluding steroid dienone is 1. The van der Waals surface area contributed by atoms with Gasteiger partial charge >= 0.3 is 0 Å². The van der Waals surface area contributed by atoms with Crippen molar-refractivity contribution in [1.82, 2.24) is 4.98 Å². The number of pyridine rings is 1. The van der Waals surface area contributed by atoms with Crippen LogP contribution in [-0.4, -0.2) is 16.6 Å². The van der Waals surface area contributed by atoms with E-state index in [2.05, 4.69) is 16.7 Å². The number of non-ortho nitro benzene ring substituents is 1. The molecule has 0 N–H and O–H groups in total. The van der Waals surface area contributed by atoms with Crippen LogP contribution in [0.25, 0.3) is 15.9 Å². The molecule has 0 aliphatic carbocycles. The molecule has 126 valence electrons. The van der Waals surface area contributed by atoms with Crippen LogP contribution in [0.4, 0.5) is 10.1 Å². The van der Waals surface area contributed by atoms with Gasteiger partial charge in [0.05, 0.1) is 31.8 Å². The van der Waals surface area contributed by atoms with Crippen LogP contribution in [0.5, 0.6) is 11.5 Å². The van der Waals surface area contributed by atoms with Gasteiger partial charge in [0, 0.05) is 18.3 Å². The fourth-order valence-electron chi connectivity index (χ4n) is 2.24. The van der Waals surface area contributed by atoms with Crippen LogP contribution in [0.2, 0.25) is 0 Å². The molecule has 0 atom stereocenters. The highest BCUT2D eigenvalue weighted by atomic mass is 32.1. The third-order valence-electron chi connectivity index (χ3n) is 3.42. The highest BCUT2D eigenvalue weighted by molar-refractivity contribution is 7.20. The number of benzene rings is 1. The van der Waals surface area contributed by atoms with E-state index in [-0.39, 0.29) is 11.4 Å². The van der Waals surface area contributed by atoms with Crippen LogP contribution in [0.15, 0.2) is 47.6 Å². The number of ether oxygens (including phenoxy) is 1. The highest BCUT2D eigenvalue weighted by Crippen LogP contribution is 2.38. The lowest BCUT2D eigenvalue weighted by molar-refractivity contribution is -0.385. The third-order valence-corrected chi connectivity index (χ3v) is 4.58. The van der Waals surface area contributed by atoms with Crippen molar-refractivity contribution in [2.75, 3.05) is 0 Å². The largest absolute Gasteiger partial charge is 0.453 e. The zero-order valence-electron chi connectivity index (χ0n) is 13.1. The first kappa shape index (κ1) is 16.7. The zero-order valence-corrected chi connectivity index (χ0v) is 13.9. The Labute approximate surface area is 146 Å². The lowest BCUT2D eigenvalue weighted by Crippen LogP contribution is -1.92. The normalized spacial score (nSPS) is 11.5. The number of halogens is 1. The van der Waals surface area contributed by atoms with Crippen molar-refractivity contribution in [2.24, 2.45) is 4.99 Å². The summed E-state index contributed by atoms with van der Waals surface area (Å²) in [5.74, 6) is -0.493. The minimum atomic E-state index is -0.808. The molecule has 0 spiro atoms. The van der Waals surface area contributed by atoms with Crippen LogP contribution >= 0.6 is 11.3 Å². The van der Waals surface area contributed by atoms with Gasteiger partial charge in [0.1, 0.15) is 5.75 Å². The molecular formula is C17H12FN3O3S. The molecule has 3 rings (SSSR count). The first-order valence-corrected chi connectivity index (χ1v) is 7.99. The number of hydrogen-bond acceptors (Lipinski definition) is 6.